The van der Waals surface area contributed by atoms with Gasteiger partial charge in [-0.05, 0) is 31.0 Å². The summed E-state index contributed by atoms with van der Waals surface area (Å²) in [5.41, 5.74) is 1.68. The molecule has 24 heavy (non-hydrogen) atoms. The SMILES string of the molecule is COc1cc(C)cc(C)c1S(=O)(=O)NCCN1CCNCC1.Cl.Cl. The van der Waals surface area contributed by atoms with Crippen molar-refractivity contribution >= 4 is 34.8 Å². The summed E-state index contributed by atoms with van der Waals surface area (Å²) in [6.07, 6.45) is 0. The lowest BCUT2D eigenvalue weighted by molar-refractivity contribution is 0.245. The second kappa shape index (κ2) is 10.4. The van der Waals surface area contributed by atoms with E-state index in [0.29, 0.717) is 24.4 Å². The summed E-state index contributed by atoms with van der Waals surface area (Å²) in [4.78, 5) is 2.49. The number of aryl methyl sites for hydroxylation is 2. The highest BCUT2D eigenvalue weighted by atomic mass is 35.5. The van der Waals surface area contributed by atoms with Crippen LogP contribution in [0.3, 0.4) is 0 Å². The number of halogens is 2. The van der Waals surface area contributed by atoms with E-state index < -0.39 is 10.0 Å². The fourth-order valence-electron chi connectivity index (χ4n) is 2.76. The van der Waals surface area contributed by atoms with Crippen molar-refractivity contribution in [1.82, 2.24) is 14.9 Å². The van der Waals surface area contributed by atoms with Gasteiger partial charge in [-0.25, -0.2) is 13.1 Å². The van der Waals surface area contributed by atoms with Crippen LogP contribution in [0.25, 0.3) is 0 Å². The molecule has 1 aromatic rings. The molecule has 0 aromatic heterocycles. The third kappa shape index (κ3) is 6.06. The van der Waals surface area contributed by atoms with Crippen molar-refractivity contribution in [2.45, 2.75) is 18.7 Å². The normalized spacial score (nSPS) is 15.3. The van der Waals surface area contributed by atoms with Crippen LogP contribution in [0.15, 0.2) is 17.0 Å². The van der Waals surface area contributed by atoms with E-state index in [1.807, 2.05) is 13.0 Å². The van der Waals surface area contributed by atoms with E-state index in [1.165, 1.54) is 7.11 Å². The molecular weight excluding hydrogens is 373 g/mol. The third-order valence-corrected chi connectivity index (χ3v) is 5.45. The first-order valence-electron chi connectivity index (χ1n) is 7.52. The molecule has 0 radical (unpaired) electrons. The van der Waals surface area contributed by atoms with Crippen LogP contribution in [-0.2, 0) is 10.0 Å². The maximum absolute atomic E-state index is 12.6. The van der Waals surface area contributed by atoms with E-state index >= 15 is 0 Å². The number of nitrogens with one attached hydrogen (secondary N) is 2. The molecule has 1 heterocycles. The first kappa shape index (κ1) is 23.4. The predicted molar refractivity (Wildman–Crippen MR) is 101 cm³/mol. The van der Waals surface area contributed by atoms with Crippen molar-refractivity contribution in [3.63, 3.8) is 0 Å². The molecule has 0 aliphatic carbocycles. The molecule has 0 unspecified atom stereocenters. The van der Waals surface area contributed by atoms with Crippen LogP contribution >= 0.6 is 24.8 Å². The molecule has 0 spiro atoms. The summed E-state index contributed by atoms with van der Waals surface area (Å²) in [7, 11) is -2.07. The monoisotopic (exact) mass is 399 g/mol. The molecule has 9 heteroatoms. The van der Waals surface area contributed by atoms with Crippen molar-refractivity contribution in [2.75, 3.05) is 46.4 Å². The molecule has 2 N–H and O–H groups in total. The van der Waals surface area contributed by atoms with Crippen LogP contribution in [0, 0.1) is 13.8 Å². The average Bonchev–Trinajstić information content (AvgIpc) is 2.46. The van der Waals surface area contributed by atoms with Gasteiger partial charge in [-0.15, -0.1) is 24.8 Å². The van der Waals surface area contributed by atoms with E-state index in [0.717, 1.165) is 31.7 Å². The molecule has 0 bridgehead atoms. The van der Waals surface area contributed by atoms with E-state index in [9.17, 15) is 8.42 Å². The number of sulfonamides is 1. The summed E-state index contributed by atoms with van der Waals surface area (Å²) in [5.74, 6) is 0.396. The van der Waals surface area contributed by atoms with Gasteiger partial charge in [0.15, 0.2) is 0 Å². The molecule has 1 aliphatic heterocycles. The minimum Gasteiger partial charge on any atom is -0.495 e. The summed E-state index contributed by atoms with van der Waals surface area (Å²) < 4.78 is 33.1. The predicted octanol–water partition coefficient (Wildman–Crippen LogP) is 1.34. The minimum atomic E-state index is -3.57. The first-order valence-corrected chi connectivity index (χ1v) is 9.00. The molecule has 1 saturated heterocycles. The Morgan fingerprint density at radius 2 is 1.83 bits per heavy atom. The Morgan fingerprint density at radius 1 is 1.21 bits per heavy atom. The molecule has 0 atom stereocenters. The zero-order valence-corrected chi connectivity index (χ0v) is 16.7. The highest BCUT2D eigenvalue weighted by Crippen LogP contribution is 2.28. The largest absolute Gasteiger partial charge is 0.495 e. The quantitative estimate of drug-likeness (QED) is 0.754. The van der Waals surface area contributed by atoms with E-state index in [2.05, 4.69) is 14.9 Å². The van der Waals surface area contributed by atoms with E-state index in [-0.39, 0.29) is 29.7 Å². The second-order valence-corrected chi connectivity index (χ2v) is 7.31. The maximum Gasteiger partial charge on any atom is 0.244 e. The van der Waals surface area contributed by atoms with E-state index in [1.54, 1.807) is 13.0 Å². The number of benzene rings is 1. The van der Waals surface area contributed by atoms with Gasteiger partial charge in [-0.2, -0.15) is 0 Å². The Bertz CT molecular complexity index is 621. The molecular formula is C15H27Cl2N3O3S. The van der Waals surface area contributed by atoms with Gasteiger partial charge in [0.2, 0.25) is 10.0 Å². The minimum absolute atomic E-state index is 0. The fraction of sp³-hybridized carbons (Fsp3) is 0.600. The Balaban J connectivity index is 0.00000264. The van der Waals surface area contributed by atoms with Crippen molar-refractivity contribution in [3.8, 4) is 5.75 Å². The Hall–Kier alpha value is -0.570. The van der Waals surface area contributed by atoms with Gasteiger partial charge < -0.3 is 10.1 Å². The van der Waals surface area contributed by atoms with Crippen LogP contribution < -0.4 is 14.8 Å². The van der Waals surface area contributed by atoms with Gasteiger partial charge in [-0.3, -0.25) is 4.90 Å². The molecule has 0 amide bonds. The molecule has 6 nitrogen and oxygen atoms in total. The standard InChI is InChI=1S/C15H25N3O3S.2ClH/c1-12-10-13(2)15(14(11-12)21-3)22(19,20)17-6-9-18-7-4-16-5-8-18;;/h10-11,16-17H,4-9H2,1-3H3;2*1H. The molecule has 1 aliphatic rings. The topological polar surface area (TPSA) is 70.7 Å². The van der Waals surface area contributed by atoms with Gasteiger partial charge >= 0.3 is 0 Å². The van der Waals surface area contributed by atoms with Crippen molar-refractivity contribution in [1.29, 1.82) is 0 Å². The van der Waals surface area contributed by atoms with Crippen LogP contribution in [0.4, 0.5) is 0 Å². The zero-order chi connectivity index (χ0) is 16.2. The third-order valence-electron chi connectivity index (χ3n) is 3.80. The van der Waals surface area contributed by atoms with Gasteiger partial charge in [0.25, 0.3) is 0 Å². The summed E-state index contributed by atoms with van der Waals surface area (Å²) in [6.45, 7) is 8.65. The average molecular weight is 400 g/mol. The highest BCUT2D eigenvalue weighted by molar-refractivity contribution is 7.89. The molecule has 1 fully saturated rings. The molecule has 140 valence electrons. The van der Waals surface area contributed by atoms with Crippen molar-refractivity contribution in [2.24, 2.45) is 0 Å². The number of piperazine rings is 1. The highest BCUT2D eigenvalue weighted by Gasteiger charge is 2.22. The number of rotatable bonds is 6. The number of nitrogens with zero attached hydrogens (tertiary/aromatic N) is 1. The Kier molecular flexibility index (Phi) is 10.2. The Labute approximate surface area is 157 Å². The van der Waals surface area contributed by atoms with Crippen LogP contribution in [-0.4, -0.2) is 59.7 Å². The smallest absolute Gasteiger partial charge is 0.244 e. The van der Waals surface area contributed by atoms with Crippen molar-refractivity contribution < 1.29 is 13.2 Å². The van der Waals surface area contributed by atoms with Gasteiger partial charge in [0, 0.05) is 39.3 Å². The Morgan fingerprint density at radius 3 is 2.42 bits per heavy atom. The van der Waals surface area contributed by atoms with E-state index in [4.69, 9.17) is 4.74 Å². The lowest BCUT2D eigenvalue weighted by Gasteiger charge is -2.27. The molecule has 1 aromatic carbocycles. The van der Waals surface area contributed by atoms with Crippen LogP contribution in [0.2, 0.25) is 0 Å². The fourth-order valence-corrected chi connectivity index (χ4v) is 4.15. The first-order chi connectivity index (χ1) is 10.4. The number of ether oxygens (including phenoxy) is 1. The maximum atomic E-state index is 12.6. The lowest BCUT2D eigenvalue weighted by atomic mass is 10.1. The number of methoxy groups -OCH3 is 1. The van der Waals surface area contributed by atoms with Gasteiger partial charge in [0.1, 0.15) is 10.6 Å². The zero-order valence-electron chi connectivity index (χ0n) is 14.3. The van der Waals surface area contributed by atoms with Gasteiger partial charge in [-0.1, -0.05) is 6.07 Å². The van der Waals surface area contributed by atoms with Gasteiger partial charge in [0.05, 0.1) is 7.11 Å². The van der Waals surface area contributed by atoms with Crippen LogP contribution in [0.1, 0.15) is 11.1 Å². The molecule has 0 saturated carbocycles. The number of hydrogen-bond acceptors (Lipinski definition) is 5. The summed E-state index contributed by atoms with van der Waals surface area (Å²) in [5, 5.41) is 3.28. The molecule has 2 rings (SSSR count). The number of hydrogen-bond donors (Lipinski definition) is 2. The second-order valence-electron chi connectivity index (χ2n) is 5.60. The summed E-state index contributed by atoms with van der Waals surface area (Å²) >= 11 is 0. The summed E-state index contributed by atoms with van der Waals surface area (Å²) in [6, 6.07) is 3.60. The van der Waals surface area contributed by atoms with Crippen LogP contribution in [0.5, 0.6) is 5.75 Å². The lowest BCUT2D eigenvalue weighted by Crippen LogP contribution is -2.46. The van der Waals surface area contributed by atoms with Crippen molar-refractivity contribution in [3.05, 3.63) is 23.3 Å².